The second-order valence-electron chi connectivity index (χ2n) is 5.52. The van der Waals surface area contributed by atoms with Crippen LogP contribution >= 0.6 is 0 Å². The van der Waals surface area contributed by atoms with Crippen LogP contribution < -0.4 is 9.47 Å². The number of rotatable bonds is 6. The van der Waals surface area contributed by atoms with Crippen molar-refractivity contribution < 1.29 is 28.6 Å². The zero-order valence-corrected chi connectivity index (χ0v) is 13.9. The van der Waals surface area contributed by atoms with E-state index in [1.54, 1.807) is 31.4 Å². The molecule has 0 radical (unpaired) electrons. The van der Waals surface area contributed by atoms with Crippen molar-refractivity contribution in [3.05, 3.63) is 65.7 Å². The lowest BCUT2D eigenvalue weighted by Crippen LogP contribution is -2.35. The van der Waals surface area contributed by atoms with E-state index in [0.29, 0.717) is 11.5 Å². The summed E-state index contributed by atoms with van der Waals surface area (Å²) in [5.74, 6) is -1.33. The van der Waals surface area contributed by atoms with Crippen molar-refractivity contribution in [3.8, 4) is 11.5 Å². The number of nitrogens with zero attached hydrogens (tertiary/aromatic N) is 1. The fraction of sp³-hybridized carbons (Fsp3) is 0.158. The molecule has 1 aliphatic rings. The van der Waals surface area contributed by atoms with Crippen molar-refractivity contribution >= 4 is 17.4 Å². The van der Waals surface area contributed by atoms with E-state index >= 15 is 0 Å². The van der Waals surface area contributed by atoms with Crippen molar-refractivity contribution in [2.24, 2.45) is 0 Å². The average Bonchev–Trinajstić information content (AvgIpc) is 2.86. The topological polar surface area (TPSA) is 76.1 Å². The molecule has 1 aliphatic heterocycles. The fourth-order valence-corrected chi connectivity index (χ4v) is 2.57. The zero-order chi connectivity index (χ0) is 18.7. The Hall–Kier alpha value is -3.35. The van der Waals surface area contributed by atoms with E-state index < -0.39 is 23.4 Å². The highest BCUT2D eigenvalue weighted by molar-refractivity contribution is 6.34. The van der Waals surface area contributed by atoms with Crippen LogP contribution in [0.3, 0.4) is 0 Å². The summed E-state index contributed by atoms with van der Waals surface area (Å²) < 4.78 is 23.6. The number of imide groups is 1. The van der Waals surface area contributed by atoms with Crippen LogP contribution in [0.15, 0.2) is 54.3 Å². The maximum absolute atomic E-state index is 13.0. The van der Waals surface area contributed by atoms with Crippen LogP contribution in [0.5, 0.6) is 11.5 Å². The molecule has 0 aliphatic carbocycles. The molecule has 26 heavy (non-hydrogen) atoms. The van der Waals surface area contributed by atoms with Gasteiger partial charge in [0.1, 0.15) is 23.9 Å². The van der Waals surface area contributed by atoms with E-state index in [1.165, 1.54) is 12.1 Å². The summed E-state index contributed by atoms with van der Waals surface area (Å²) in [7, 11) is 1.55. The van der Waals surface area contributed by atoms with Crippen LogP contribution in [-0.4, -0.2) is 42.1 Å². The van der Waals surface area contributed by atoms with E-state index in [1.807, 2.05) is 0 Å². The van der Waals surface area contributed by atoms with Crippen LogP contribution in [-0.2, 0) is 9.59 Å². The molecule has 2 amide bonds. The quantitative estimate of drug-likeness (QED) is 0.804. The van der Waals surface area contributed by atoms with E-state index in [2.05, 4.69) is 0 Å². The van der Waals surface area contributed by atoms with Gasteiger partial charge in [0.2, 0.25) is 0 Å². The van der Waals surface area contributed by atoms with Gasteiger partial charge in [-0.15, -0.1) is 0 Å². The summed E-state index contributed by atoms with van der Waals surface area (Å²) >= 11 is 0. The molecule has 0 unspecified atom stereocenters. The molecular weight excluding hydrogens is 341 g/mol. The summed E-state index contributed by atoms with van der Waals surface area (Å²) in [6.07, 6.45) is 0. The largest absolute Gasteiger partial charge is 0.502 e. The van der Waals surface area contributed by atoms with E-state index in [4.69, 9.17) is 9.47 Å². The first-order valence-electron chi connectivity index (χ1n) is 7.83. The van der Waals surface area contributed by atoms with Gasteiger partial charge in [-0.3, -0.25) is 14.5 Å². The molecule has 1 heterocycles. The highest BCUT2D eigenvalue weighted by Gasteiger charge is 2.38. The molecule has 7 heteroatoms. The predicted octanol–water partition coefficient (Wildman–Crippen LogP) is 2.55. The third-order valence-corrected chi connectivity index (χ3v) is 3.92. The van der Waals surface area contributed by atoms with Gasteiger partial charge in [0.05, 0.1) is 19.2 Å². The molecule has 0 spiro atoms. The van der Waals surface area contributed by atoms with Crippen LogP contribution in [0.2, 0.25) is 0 Å². The predicted molar refractivity (Wildman–Crippen MR) is 91.2 cm³/mol. The number of carbonyl (C=O) groups excluding carboxylic acids is 2. The Morgan fingerprint density at radius 1 is 0.962 bits per heavy atom. The Kier molecular flexibility index (Phi) is 4.88. The number of hydrogen-bond donors (Lipinski definition) is 1. The summed E-state index contributed by atoms with van der Waals surface area (Å²) in [4.78, 5) is 25.5. The van der Waals surface area contributed by atoms with Crippen molar-refractivity contribution in [1.82, 2.24) is 4.90 Å². The zero-order valence-electron chi connectivity index (χ0n) is 13.9. The van der Waals surface area contributed by atoms with E-state index in [9.17, 15) is 19.1 Å². The number of ether oxygens (including phenoxy) is 2. The number of carbonyl (C=O) groups is 2. The maximum atomic E-state index is 13.0. The SMILES string of the molecule is COc1ccc(OCCN2C(=O)C(O)=C(c3ccc(F)cc3)C2=O)cc1. The monoisotopic (exact) mass is 357 g/mol. The van der Waals surface area contributed by atoms with Crippen LogP contribution in [0.4, 0.5) is 4.39 Å². The Balaban J connectivity index is 1.65. The molecule has 6 nitrogen and oxygen atoms in total. The van der Waals surface area contributed by atoms with Crippen molar-refractivity contribution in [2.45, 2.75) is 0 Å². The third-order valence-electron chi connectivity index (χ3n) is 3.92. The molecule has 3 rings (SSSR count). The number of aliphatic hydroxyl groups is 1. The number of methoxy groups -OCH3 is 1. The molecular formula is C19H16FNO5. The summed E-state index contributed by atoms with van der Waals surface area (Å²) in [5.41, 5.74) is 0.139. The molecule has 0 atom stereocenters. The van der Waals surface area contributed by atoms with Gasteiger partial charge in [-0.05, 0) is 42.0 Å². The first-order valence-corrected chi connectivity index (χ1v) is 7.83. The minimum Gasteiger partial charge on any atom is -0.502 e. The lowest BCUT2D eigenvalue weighted by atomic mass is 10.1. The molecule has 2 aromatic carbocycles. The summed E-state index contributed by atoms with van der Waals surface area (Å²) in [6, 6.07) is 11.8. The van der Waals surface area contributed by atoms with Crippen LogP contribution in [0.25, 0.3) is 5.57 Å². The van der Waals surface area contributed by atoms with E-state index in [-0.39, 0.29) is 24.3 Å². The third kappa shape index (κ3) is 3.37. The van der Waals surface area contributed by atoms with Gasteiger partial charge in [-0.2, -0.15) is 0 Å². The Morgan fingerprint density at radius 3 is 2.19 bits per heavy atom. The smallest absolute Gasteiger partial charge is 0.296 e. The number of amides is 2. The Bertz CT molecular complexity index is 859. The number of halogens is 1. The van der Waals surface area contributed by atoms with Gasteiger partial charge in [0, 0.05) is 0 Å². The summed E-state index contributed by atoms with van der Waals surface area (Å²) in [6.45, 7) is 0.0340. The van der Waals surface area contributed by atoms with Crippen molar-refractivity contribution in [1.29, 1.82) is 0 Å². The maximum Gasteiger partial charge on any atom is 0.296 e. The first kappa shape index (κ1) is 17.5. The number of hydrogen-bond acceptors (Lipinski definition) is 5. The molecule has 134 valence electrons. The lowest BCUT2D eigenvalue weighted by Gasteiger charge is -2.15. The normalized spacial score (nSPS) is 14.2. The molecule has 0 bridgehead atoms. The second kappa shape index (κ2) is 7.26. The van der Waals surface area contributed by atoms with Crippen LogP contribution in [0.1, 0.15) is 5.56 Å². The number of aliphatic hydroxyl groups excluding tert-OH is 1. The molecule has 1 N–H and O–H groups in total. The van der Waals surface area contributed by atoms with Gasteiger partial charge in [-0.1, -0.05) is 12.1 Å². The number of benzene rings is 2. The molecule has 0 aromatic heterocycles. The van der Waals surface area contributed by atoms with Gasteiger partial charge in [-0.25, -0.2) is 4.39 Å². The highest BCUT2D eigenvalue weighted by Crippen LogP contribution is 2.28. The highest BCUT2D eigenvalue weighted by atomic mass is 19.1. The summed E-state index contributed by atoms with van der Waals surface area (Å²) in [5, 5.41) is 10.0. The van der Waals surface area contributed by atoms with Crippen molar-refractivity contribution in [3.63, 3.8) is 0 Å². The van der Waals surface area contributed by atoms with Gasteiger partial charge >= 0.3 is 0 Å². The minimum atomic E-state index is -0.798. The molecule has 2 aromatic rings. The van der Waals surface area contributed by atoms with Crippen LogP contribution in [0, 0.1) is 5.82 Å². The van der Waals surface area contributed by atoms with E-state index in [0.717, 1.165) is 17.0 Å². The second-order valence-corrected chi connectivity index (χ2v) is 5.52. The van der Waals surface area contributed by atoms with Gasteiger partial charge < -0.3 is 14.6 Å². The Labute approximate surface area is 149 Å². The average molecular weight is 357 g/mol. The first-order chi connectivity index (χ1) is 12.5. The van der Waals surface area contributed by atoms with Crippen molar-refractivity contribution in [2.75, 3.05) is 20.3 Å². The lowest BCUT2D eigenvalue weighted by molar-refractivity contribution is -0.138. The standard InChI is InChI=1S/C19H16FNO5/c1-25-14-6-8-15(9-7-14)26-11-10-21-18(23)16(17(22)19(21)24)12-2-4-13(20)5-3-12/h2-9,22H,10-11H2,1H3. The van der Waals surface area contributed by atoms with Gasteiger partial charge in [0.25, 0.3) is 11.8 Å². The molecule has 0 fully saturated rings. The minimum absolute atomic E-state index is 0.0293. The fourth-order valence-electron chi connectivity index (χ4n) is 2.57. The van der Waals surface area contributed by atoms with Gasteiger partial charge in [0.15, 0.2) is 5.76 Å². The molecule has 0 saturated carbocycles. The Morgan fingerprint density at radius 2 is 1.58 bits per heavy atom. The molecule has 0 saturated heterocycles.